The van der Waals surface area contributed by atoms with Crippen LogP contribution in [-0.2, 0) is 0 Å². The van der Waals surface area contributed by atoms with E-state index in [0.29, 0.717) is 5.69 Å². The molecular formula is C13H8ClF2NO. The van der Waals surface area contributed by atoms with Gasteiger partial charge < -0.3 is 0 Å². The van der Waals surface area contributed by atoms with E-state index in [2.05, 4.69) is 0 Å². The molecule has 92 valence electrons. The van der Waals surface area contributed by atoms with E-state index < -0.39 is 17.0 Å². The monoisotopic (exact) mass is 267 g/mol. The SMILES string of the molecule is O=C(Cl)N(c1ccccc1)c1cccc(F)c1F. The maximum absolute atomic E-state index is 13.7. The second-order valence-corrected chi connectivity index (χ2v) is 3.82. The lowest BCUT2D eigenvalue weighted by molar-refractivity contribution is 0.266. The first kappa shape index (κ1) is 12.5. The third-order valence-electron chi connectivity index (χ3n) is 2.36. The molecule has 0 aromatic heterocycles. The van der Waals surface area contributed by atoms with Gasteiger partial charge in [0.25, 0.3) is 0 Å². The number of carbonyl (C=O) groups is 1. The van der Waals surface area contributed by atoms with Crippen LogP contribution in [0.25, 0.3) is 0 Å². The van der Waals surface area contributed by atoms with Gasteiger partial charge in [0.15, 0.2) is 11.6 Å². The summed E-state index contributed by atoms with van der Waals surface area (Å²) in [6.07, 6.45) is 0. The fourth-order valence-electron chi connectivity index (χ4n) is 1.58. The van der Waals surface area contributed by atoms with Crippen molar-refractivity contribution < 1.29 is 13.6 Å². The zero-order valence-electron chi connectivity index (χ0n) is 9.11. The lowest BCUT2D eigenvalue weighted by atomic mass is 10.2. The highest BCUT2D eigenvalue weighted by Crippen LogP contribution is 2.30. The molecule has 0 aliphatic rings. The van der Waals surface area contributed by atoms with E-state index in [1.54, 1.807) is 30.3 Å². The minimum absolute atomic E-state index is 0.221. The summed E-state index contributed by atoms with van der Waals surface area (Å²) in [6, 6.07) is 11.8. The summed E-state index contributed by atoms with van der Waals surface area (Å²) in [5.41, 5.74) is 0.142. The molecule has 0 aliphatic heterocycles. The van der Waals surface area contributed by atoms with Crippen molar-refractivity contribution in [1.82, 2.24) is 0 Å². The Hall–Kier alpha value is -1.94. The van der Waals surface area contributed by atoms with Crippen LogP contribution in [0.2, 0.25) is 0 Å². The van der Waals surface area contributed by atoms with Gasteiger partial charge in [0.1, 0.15) is 0 Å². The highest BCUT2D eigenvalue weighted by Gasteiger charge is 2.21. The highest BCUT2D eigenvalue weighted by atomic mass is 35.5. The van der Waals surface area contributed by atoms with Crippen LogP contribution in [0.4, 0.5) is 25.0 Å². The van der Waals surface area contributed by atoms with Gasteiger partial charge in [-0.1, -0.05) is 24.3 Å². The number of benzene rings is 2. The first-order valence-corrected chi connectivity index (χ1v) is 5.47. The van der Waals surface area contributed by atoms with Gasteiger partial charge in [0.2, 0.25) is 0 Å². The smallest absolute Gasteiger partial charge is 0.264 e. The van der Waals surface area contributed by atoms with Crippen LogP contribution in [-0.4, -0.2) is 5.37 Å². The maximum Gasteiger partial charge on any atom is 0.325 e. The Kier molecular flexibility index (Phi) is 3.58. The van der Waals surface area contributed by atoms with Crippen LogP contribution in [0, 0.1) is 11.6 Å². The van der Waals surface area contributed by atoms with Crippen molar-refractivity contribution in [2.45, 2.75) is 0 Å². The topological polar surface area (TPSA) is 20.3 Å². The van der Waals surface area contributed by atoms with Crippen molar-refractivity contribution in [3.05, 3.63) is 60.2 Å². The van der Waals surface area contributed by atoms with Crippen molar-refractivity contribution in [3.63, 3.8) is 0 Å². The number of hydrogen-bond donors (Lipinski definition) is 0. The van der Waals surface area contributed by atoms with Gasteiger partial charge in [0, 0.05) is 0 Å². The average Bonchev–Trinajstić information content (AvgIpc) is 2.36. The predicted octanol–water partition coefficient (Wildman–Crippen LogP) is 4.46. The zero-order chi connectivity index (χ0) is 13.1. The van der Waals surface area contributed by atoms with E-state index in [4.69, 9.17) is 11.6 Å². The number of carbonyl (C=O) groups excluding carboxylic acids is 1. The number of halogens is 3. The molecule has 0 atom stereocenters. The molecule has 0 fully saturated rings. The maximum atomic E-state index is 13.7. The molecule has 2 rings (SSSR count). The van der Waals surface area contributed by atoms with Crippen LogP contribution in [0.15, 0.2) is 48.5 Å². The second-order valence-electron chi connectivity index (χ2n) is 3.50. The number of amides is 1. The second kappa shape index (κ2) is 5.14. The fourth-order valence-corrected chi connectivity index (χ4v) is 1.77. The molecule has 0 unspecified atom stereocenters. The molecule has 0 bridgehead atoms. The molecule has 2 nitrogen and oxygen atoms in total. The Balaban J connectivity index is 2.56. The van der Waals surface area contributed by atoms with E-state index in [0.717, 1.165) is 11.0 Å². The van der Waals surface area contributed by atoms with E-state index in [-0.39, 0.29) is 5.69 Å². The van der Waals surface area contributed by atoms with Crippen LogP contribution < -0.4 is 4.90 Å². The van der Waals surface area contributed by atoms with Crippen molar-refractivity contribution in [3.8, 4) is 0 Å². The molecule has 2 aromatic rings. The Morgan fingerprint density at radius 1 is 1.00 bits per heavy atom. The first-order chi connectivity index (χ1) is 8.61. The van der Waals surface area contributed by atoms with Crippen molar-refractivity contribution in [1.29, 1.82) is 0 Å². The number of nitrogens with zero attached hydrogens (tertiary/aromatic N) is 1. The standard InChI is InChI=1S/C13H8ClF2NO/c14-13(18)17(9-5-2-1-3-6-9)11-8-4-7-10(15)12(11)16/h1-8H. The zero-order valence-corrected chi connectivity index (χ0v) is 9.86. The molecule has 0 N–H and O–H groups in total. The summed E-state index contributed by atoms with van der Waals surface area (Å²) in [4.78, 5) is 12.3. The number of rotatable bonds is 2. The molecule has 18 heavy (non-hydrogen) atoms. The lowest BCUT2D eigenvalue weighted by Gasteiger charge is -2.20. The summed E-state index contributed by atoms with van der Waals surface area (Å²) in [5, 5.41) is -0.911. The molecule has 0 aliphatic carbocycles. The van der Waals surface area contributed by atoms with Crippen LogP contribution >= 0.6 is 11.6 Å². The molecule has 0 saturated heterocycles. The Morgan fingerprint density at radius 2 is 1.67 bits per heavy atom. The Bertz CT molecular complexity index is 574. The minimum Gasteiger partial charge on any atom is -0.264 e. The van der Waals surface area contributed by atoms with Crippen LogP contribution in [0.5, 0.6) is 0 Å². The van der Waals surface area contributed by atoms with E-state index in [1.807, 2.05) is 0 Å². The van der Waals surface area contributed by atoms with Crippen LogP contribution in [0.1, 0.15) is 0 Å². The van der Waals surface area contributed by atoms with E-state index in [1.165, 1.54) is 12.1 Å². The third-order valence-corrected chi connectivity index (χ3v) is 2.53. The largest absolute Gasteiger partial charge is 0.325 e. The molecule has 1 amide bonds. The molecule has 0 heterocycles. The normalized spacial score (nSPS) is 10.2. The predicted molar refractivity (Wildman–Crippen MR) is 66.2 cm³/mol. The van der Waals surface area contributed by atoms with Crippen molar-refractivity contribution in [2.24, 2.45) is 0 Å². The van der Waals surface area contributed by atoms with Crippen molar-refractivity contribution >= 4 is 28.3 Å². The van der Waals surface area contributed by atoms with Gasteiger partial charge in [-0.2, -0.15) is 0 Å². The lowest BCUT2D eigenvalue weighted by Crippen LogP contribution is -2.21. The van der Waals surface area contributed by atoms with Gasteiger partial charge in [-0.15, -0.1) is 0 Å². The highest BCUT2D eigenvalue weighted by molar-refractivity contribution is 6.66. The number of hydrogen-bond acceptors (Lipinski definition) is 1. The summed E-state index contributed by atoms with van der Waals surface area (Å²) in [6.45, 7) is 0. The fraction of sp³-hybridized carbons (Fsp3) is 0. The van der Waals surface area contributed by atoms with E-state index >= 15 is 0 Å². The quantitative estimate of drug-likeness (QED) is 0.581. The summed E-state index contributed by atoms with van der Waals surface area (Å²) in [7, 11) is 0. The van der Waals surface area contributed by atoms with Gasteiger partial charge in [-0.25, -0.2) is 8.78 Å². The number of para-hydroxylation sites is 1. The molecule has 0 saturated carbocycles. The van der Waals surface area contributed by atoms with Gasteiger partial charge in [0.05, 0.1) is 11.4 Å². The Labute approximate surface area is 107 Å². The van der Waals surface area contributed by atoms with Crippen molar-refractivity contribution in [2.75, 3.05) is 4.90 Å². The molecule has 0 radical (unpaired) electrons. The number of anilines is 2. The molecular weight excluding hydrogens is 260 g/mol. The average molecular weight is 268 g/mol. The van der Waals surface area contributed by atoms with Gasteiger partial charge in [-0.05, 0) is 35.9 Å². The third kappa shape index (κ3) is 2.33. The summed E-state index contributed by atoms with van der Waals surface area (Å²) in [5.74, 6) is -2.15. The Morgan fingerprint density at radius 3 is 2.28 bits per heavy atom. The summed E-state index contributed by atoms with van der Waals surface area (Å²) < 4.78 is 26.8. The van der Waals surface area contributed by atoms with Crippen LogP contribution in [0.3, 0.4) is 0 Å². The molecule has 5 heteroatoms. The van der Waals surface area contributed by atoms with Gasteiger partial charge >= 0.3 is 5.37 Å². The molecule has 2 aromatic carbocycles. The summed E-state index contributed by atoms with van der Waals surface area (Å²) >= 11 is 5.44. The molecule has 0 spiro atoms. The minimum atomic E-state index is -1.12. The van der Waals surface area contributed by atoms with E-state index in [9.17, 15) is 13.6 Å². The first-order valence-electron chi connectivity index (χ1n) is 5.10. The van der Waals surface area contributed by atoms with Gasteiger partial charge in [-0.3, -0.25) is 9.69 Å².